The zero-order valence-corrected chi connectivity index (χ0v) is 9.88. The molecule has 84 valence electrons. The molecule has 0 aromatic rings. The second-order valence-electron chi connectivity index (χ2n) is 4.88. The third-order valence-electron chi connectivity index (χ3n) is 3.31. The minimum absolute atomic E-state index is 0.737. The van der Waals surface area contributed by atoms with Crippen molar-refractivity contribution >= 4 is 0 Å². The van der Waals surface area contributed by atoms with Gasteiger partial charge in [-0.1, -0.05) is 6.92 Å². The molecular formula is C12H25NO. The fraction of sp³-hybridized carbons (Fsp3) is 1.00. The van der Waals surface area contributed by atoms with Crippen LogP contribution in [0.4, 0.5) is 0 Å². The summed E-state index contributed by atoms with van der Waals surface area (Å²) in [7, 11) is 1.79. The maximum atomic E-state index is 5.10. The van der Waals surface area contributed by atoms with Crippen molar-refractivity contribution in [2.45, 2.75) is 45.6 Å². The van der Waals surface area contributed by atoms with Crippen molar-refractivity contribution in [2.75, 3.05) is 20.3 Å². The van der Waals surface area contributed by atoms with Crippen molar-refractivity contribution < 1.29 is 4.74 Å². The van der Waals surface area contributed by atoms with E-state index in [1.165, 1.54) is 32.2 Å². The van der Waals surface area contributed by atoms with Crippen LogP contribution in [-0.2, 0) is 4.74 Å². The van der Waals surface area contributed by atoms with E-state index in [1.54, 1.807) is 7.11 Å². The summed E-state index contributed by atoms with van der Waals surface area (Å²) in [6.45, 7) is 6.76. The van der Waals surface area contributed by atoms with Gasteiger partial charge in [-0.05, 0) is 51.0 Å². The number of hydrogen-bond donors (Lipinski definition) is 1. The quantitative estimate of drug-likeness (QED) is 0.734. The van der Waals surface area contributed by atoms with Crippen molar-refractivity contribution in [3.8, 4) is 0 Å². The Bertz CT molecular complexity index is 141. The van der Waals surface area contributed by atoms with E-state index in [4.69, 9.17) is 4.74 Å². The van der Waals surface area contributed by atoms with Crippen LogP contribution in [0.5, 0.6) is 0 Å². The second-order valence-corrected chi connectivity index (χ2v) is 4.88. The van der Waals surface area contributed by atoms with Gasteiger partial charge in [-0.3, -0.25) is 0 Å². The van der Waals surface area contributed by atoms with Gasteiger partial charge < -0.3 is 10.1 Å². The van der Waals surface area contributed by atoms with Crippen molar-refractivity contribution in [2.24, 2.45) is 11.8 Å². The maximum absolute atomic E-state index is 5.10. The van der Waals surface area contributed by atoms with Gasteiger partial charge in [-0.15, -0.1) is 0 Å². The van der Waals surface area contributed by atoms with Crippen LogP contribution in [0, 0.1) is 11.8 Å². The first-order valence-electron chi connectivity index (χ1n) is 5.94. The Morgan fingerprint density at radius 1 is 1.43 bits per heavy atom. The molecule has 2 heteroatoms. The number of hydrogen-bond acceptors (Lipinski definition) is 2. The maximum Gasteiger partial charge on any atom is 0.0464 e. The predicted octanol–water partition coefficient (Wildman–Crippen LogP) is 2.44. The molecule has 0 radical (unpaired) electrons. The SMILES string of the molecule is COCCC(C)CC1CCC(C)NC1. The van der Waals surface area contributed by atoms with E-state index in [-0.39, 0.29) is 0 Å². The Labute approximate surface area is 88.4 Å². The Hall–Kier alpha value is -0.0800. The zero-order chi connectivity index (χ0) is 10.4. The molecule has 1 aliphatic rings. The van der Waals surface area contributed by atoms with Crippen molar-refractivity contribution in [1.82, 2.24) is 5.32 Å². The monoisotopic (exact) mass is 199 g/mol. The van der Waals surface area contributed by atoms with E-state index in [9.17, 15) is 0 Å². The van der Waals surface area contributed by atoms with E-state index in [0.717, 1.165) is 24.5 Å². The van der Waals surface area contributed by atoms with Crippen LogP contribution in [0.3, 0.4) is 0 Å². The number of piperidine rings is 1. The third-order valence-corrected chi connectivity index (χ3v) is 3.31. The highest BCUT2D eigenvalue weighted by Crippen LogP contribution is 2.22. The predicted molar refractivity (Wildman–Crippen MR) is 60.5 cm³/mol. The second kappa shape index (κ2) is 6.41. The molecule has 0 amide bonds. The van der Waals surface area contributed by atoms with Crippen LogP contribution in [0.2, 0.25) is 0 Å². The summed E-state index contributed by atoms with van der Waals surface area (Å²) in [5.74, 6) is 1.72. The molecule has 0 aromatic carbocycles. The summed E-state index contributed by atoms with van der Waals surface area (Å²) in [5.41, 5.74) is 0. The number of nitrogens with one attached hydrogen (secondary N) is 1. The largest absolute Gasteiger partial charge is 0.385 e. The summed E-state index contributed by atoms with van der Waals surface area (Å²) >= 11 is 0. The van der Waals surface area contributed by atoms with Crippen LogP contribution in [0.25, 0.3) is 0 Å². The molecule has 3 atom stereocenters. The van der Waals surface area contributed by atoms with Gasteiger partial charge in [0.25, 0.3) is 0 Å². The molecule has 2 nitrogen and oxygen atoms in total. The van der Waals surface area contributed by atoms with Crippen molar-refractivity contribution in [3.05, 3.63) is 0 Å². The lowest BCUT2D eigenvalue weighted by atomic mass is 9.87. The summed E-state index contributed by atoms with van der Waals surface area (Å²) < 4.78 is 5.10. The molecule has 0 aromatic heterocycles. The van der Waals surface area contributed by atoms with Crippen molar-refractivity contribution in [1.29, 1.82) is 0 Å². The molecule has 3 unspecified atom stereocenters. The molecule has 1 rings (SSSR count). The first-order valence-corrected chi connectivity index (χ1v) is 5.94. The van der Waals surface area contributed by atoms with Crippen LogP contribution < -0.4 is 5.32 Å². The average Bonchev–Trinajstić information content (AvgIpc) is 2.18. The minimum atomic E-state index is 0.737. The van der Waals surface area contributed by atoms with Gasteiger partial charge in [0.1, 0.15) is 0 Å². The van der Waals surface area contributed by atoms with Crippen LogP contribution >= 0.6 is 0 Å². The van der Waals surface area contributed by atoms with Gasteiger partial charge in [0.2, 0.25) is 0 Å². The van der Waals surface area contributed by atoms with Gasteiger partial charge in [-0.2, -0.15) is 0 Å². The number of ether oxygens (including phenoxy) is 1. The van der Waals surface area contributed by atoms with E-state index in [1.807, 2.05) is 0 Å². The fourth-order valence-corrected chi connectivity index (χ4v) is 2.26. The highest BCUT2D eigenvalue weighted by atomic mass is 16.5. The van der Waals surface area contributed by atoms with Crippen LogP contribution in [-0.4, -0.2) is 26.3 Å². The lowest BCUT2D eigenvalue weighted by Crippen LogP contribution is -2.37. The lowest BCUT2D eigenvalue weighted by molar-refractivity contribution is 0.169. The molecule has 1 N–H and O–H groups in total. The zero-order valence-electron chi connectivity index (χ0n) is 9.88. The first kappa shape index (κ1) is 12.0. The molecule has 0 bridgehead atoms. The summed E-state index contributed by atoms with van der Waals surface area (Å²) in [6.07, 6.45) is 5.33. The molecule has 1 fully saturated rings. The van der Waals surface area contributed by atoms with E-state index >= 15 is 0 Å². The van der Waals surface area contributed by atoms with E-state index in [0.29, 0.717) is 0 Å². The molecule has 0 spiro atoms. The fourth-order valence-electron chi connectivity index (χ4n) is 2.26. The summed E-state index contributed by atoms with van der Waals surface area (Å²) in [6, 6.07) is 0.737. The topological polar surface area (TPSA) is 21.3 Å². The third kappa shape index (κ3) is 4.43. The Kier molecular flexibility index (Phi) is 5.49. The highest BCUT2D eigenvalue weighted by Gasteiger charge is 2.19. The Balaban J connectivity index is 2.10. The number of methoxy groups -OCH3 is 1. The van der Waals surface area contributed by atoms with E-state index < -0.39 is 0 Å². The highest BCUT2D eigenvalue weighted by molar-refractivity contribution is 4.76. The standard InChI is InChI=1S/C12H25NO/c1-10(6-7-14-3)8-12-5-4-11(2)13-9-12/h10-13H,4-9H2,1-3H3. The van der Waals surface area contributed by atoms with Crippen molar-refractivity contribution in [3.63, 3.8) is 0 Å². The van der Waals surface area contributed by atoms with E-state index in [2.05, 4.69) is 19.2 Å². The summed E-state index contributed by atoms with van der Waals surface area (Å²) in [4.78, 5) is 0. The summed E-state index contributed by atoms with van der Waals surface area (Å²) in [5, 5.41) is 3.56. The molecular weight excluding hydrogens is 174 g/mol. The van der Waals surface area contributed by atoms with Crippen LogP contribution in [0.15, 0.2) is 0 Å². The minimum Gasteiger partial charge on any atom is -0.385 e. The molecule has 0 aliphatic carbocycles. The number of rotatable bonds is 5. The Morgan fingerprint density at radius 2 is 2.21 bits per heavy atom. The van der Waals surface area contributed by atoms with Gasteiger partial charge >= 0.3 is 0 Å². The average molecular weight is 199 g/mol. The van der Waals surface area contributed by atoms with Gasteiger partial charge in [-0.25, -0.2) is 0 Å². The lowest BCUT2D eigenvalue weighted by Gasteiger charge is -2.29. The van der Waals surface area contributed by atoms with Gasteiger partial charge in [0.15, 0.2) is 0 Å². The molecule has 1 heterocycles. The molecule has 14 heavy (non-hydrogen) atoms. The first-order chi connectivity index (χ1) is 6.72. The molecule has 0 saturated carbocycles. The van der Waals surface area contributed by atoms with Gasteiger partial charge in [0.05, 0.1) is 0 Å². The molecule has 1 aliphatic heterocycles. The Morgan fingerprint density at radius 3 is 2.79 bits per heavy atom. The van der Waals surface area contributed by atoms with Crippen LogP contribution in [0.1, 0.15) is 39.5 Å². The molecule has 1 saturated heterocycles. The normalized spacial score (nSPS) is 30.2. The smallest absolute Gasteiger partial charge is 0.0464 e. The van der Waals surface area contributed by atoms with Gasteiger partial charge in [0, 0.05) is 19.8 Å².